The van der Waals surface area contributed by atoms with Gasteiger partial charge in [-0.15, -0.1) is 11.8 Å². The molecule has 1 aliphatic heterocycles. The third-order valence-corrected chi connectivity index (χ3v) is 7.22. The van der Waals surface area contributed by atoms with E-state index in [-0.39, 0.29) is 11.3 Å². The molecule has 0 aliphatic carbocycles. The number of carboxylic acid groups (broad SMARTS) is 1. The number of hydrogen-bond donors (Lipinski definition) is 3. The fourth-order valence-electron chi connectivity index (χ4n) is 3.54. The minimum absolute atomic E-state index is 0.00635. The lowest BCUT2D eigenvalue weighted by Gasteiger charge is -2.19. The number of halogens is 4. The second-order valence-electron chi connectivity index (χ2n) is 9.35. The molecule has 0 aromatic heterocycles. The number of carbonyl (C=O) groups is 2. The Morgan fingerprint density at radius 2 is 1.67 bits per heavy atom. The fourth-order valence-corrected chi connectivity index (χ4v) is 4.98. The van der Waals surface area contributed by atoms with Crippen LogP contribution in [0.5, 0.6) is 0 Å². The molecule has 3 rings (SSSR count). The highest BCUT2D eigenvalue weighted by Gasteiger charge is 2.38. The molecule has 0 radical (unpaired) electrons. The molecule has 1 aliphatic rings. The number of alkyl halides is 3. The highest BCUT2D eigenvalue weighted by atomic mass is 35.5. The molecule has 1 amide bonds. The summed E-state index contributed by atoms with van der Waals surface area (Å²) in [6.07, 6.45) is -2.08. The first-order valence-corrected chi connectivity index (χ1v) is 13.0. The van der Waals surface area contributed by atoms with Crippen molar-refractivity contribution in [2.24, 2.45) is 0 Å². The summed E-state index contributed by atoms with van der Waals surface area (Å²) in [6, 6.07) is 12.1. The molecule has 0 saturated carbocycles. The lowest BCUT2D eigenvalue weighted by molar-refractivity contribution is -0.192. The number of carboxylic acids is 1. The van der Waals surface area contributed by atoms with Crippen molar-refractivity contribution in [3.05, 3.63) is 63.7 Å². The molecule has 198 valence electrons. The summed E-state index contributed by atoms with van der Waals surface area (Å²) in [4.78, 5) is 22.5. The highest BCUT2D eigenvalue weighted by Crippen LogP contribution is 2.34. The standard InChI is InChI=1S/C24H31ClN2OS.C2HF3O2/c1-24(2,3)19-8-5-18(6-9-19)23(28)27-13-4-16-29-22-20-12-15-26-14-11-17(20)7-10-21(22)25;3-2(4,5)1(6)7/h5-10,26H,4,11-16H2,1-3H3,(H,27,28);(H,6,7). The number of aliphatic carboxylic acids is 1. The van der Waals surface area contributed by atoms with E-state index in [1.54, 1.807) is 0 Å². The Balaban J connectivity index is 0.000000572. The molecule has 0 fully saturated rings. The van der Waals surface area contributed by atoms with Crippen molar-refractivity contribution in [2.75, 3.05) is 25.4 Å². The molecule has 10 heteroatoms. The lowest BCUT2D eigenvalue weighted by Crippen LogP contribution is -2.25. The molecule has 2 aromatic rings. The van der Waals surface area contributed by atoms with E-state index in [4.69, 9.17) is 21.5 Å². The van der Waals surface area contributed by atoms with Gasteiger partial charge in [0, 0.05) is 17.0 Å². The molecule has 2 aromatic carbocycles. The zero-order valence-electron chi connectivity index (χ0n) is 20.6. The van der Waals surface area contributed by atoms with Gasteiger partial charge in [-0.05, 0) is 78.4 Å². The van der Waals surface area contributed by atoms with E-state index in [9.17, 15) is 18.0 Å². The van der Waals surface area contributed by atoms with E-state index in [0.717, 1.165) is 48.7 Å². The largest absolute Gasteiger partial charge is 0.490 e. The monoisotopic (exact) mass is 544 g/mol. The van der Waals surface area contributed by atoms with Gasteiger partial charge < -0.3 is 15.7 Å². The zero-order chi connectivity index (χ0) is 26.9. The Hall–Kier alpha value is -2.23. The number of nitrogens with one attached hydrogen (secondary N) is 2. The van der Waals surface area contributed by atoms with Gasteiger partial charge >= 0.3 is 12.1 Å². The van der Waals surface area contributed by atoms with E-state index in [0.29, 0.717) is 6.54 Å². The molecule has 0 unspecified atom stereocenters. The van der Waals surface area contributed by atoms with E-state index in [2.05, 4.69) is 37.5 Å². The molecular formula is C26H32ClF3N2O3S. The van der Waals surface area contributed by atoms with Crippen molar-refractivity contribution in [1.82, 2.24) is 10.6 Å². The molecule has 5 nitrogen and oxygen atoms in total. The first-order valence-electron chi connectivity index (χ1n) is 11.6. The first kappa shape index (κ1) is 30.0. The topological polar surface area (TPSA) is 78.4 Å². The maximum atomic E-state index is 12.4. The van der Waals surface area contributed by atoms with Crippen molar-refractivity contribution < 1.29 is 27.9 Å². The maximum Gasteiger partial charge on any atom is 0.490 e. The zero-order valence-corrected chi connectivity index (χ0v) is 22.2. The number of hydrogen-bond acceptors (Lipinski definition) is 4. The van der Waals surface area contributed by atoms with E-state index < -0.39 is 12.1 Å². The van der Waals surface area contributed by atoms with Gasteiger partial charge in [0.15, 0.2) is 0 Å². The Bertz CT molecular complexity index is 1040. The van der Waals surface area contributed by atoms with Gasteiger partial charge in [0.1, 0.15) is 0 Å². The van der Waals surface area contributed by atoms with Crippen molar-refractivity contribution >= 4 is 35.2 Å². The van der Waals surface area contributed by atoms with Crippen LogP contribution in [0.15, 0.2) is 41.3 Å². The summed E-state index contributed by atoms with van der Waals surface area (Å²) in [5, 5.41) is 14.5. The second-order valence-corrected chi connectivity index (χ2v) is 10.9. The second kappa shape index (κ2) is 13.4. The number of fused-ring (bicyclic) bond motifs is 1. The van der Waals surface area contributed by atoms with E-state index in [1.165, 1.54) is 21.6 Å². The smallest absolute Gasteiger partial charge is 0.475 e. The van der Waals surface area contributed by atoms with E-state index in [1.807, 2.05) is 42.1 Å². The summed E-state index contributed by atoms with van der Waals surface area (Å²) in [5.74, 6) is -1.83. The van der Waals surface area contributed by atoms with Gasteiger partial charge in [-0.3, -0.25) is 4.79 Å². The average Bonchev–Trinajstić information content (AvgIpc) is 3.05. The number of thioether (sulfide) groups is 1. The van der Waals surface area contributed by atoms with Gasteiger partial charge in [-0.2, -0.15) is 13.2 Å². The molecule has 0 saturated heterocycles. The Morgan fingerprint density at radius 3 is 2.25 bits per heavy atom. The Kier molecular flexibility index (Phi) is 11.1. The number of rotatable bonds is 6. The molecule has 3 N–H and O–H groups in total. The number of amides is 1. The normalized spacial score (nSPS) is 13.6. The minimum atomic E-state index is -5.08. The van der Waals surface area contributed by atoms with Crippen LogP contribution in [0.2, 0.25) is 5.02 Å². The molecule has 36 heavy (non-hydrogen) atoms. The molecule has 0 spiro atoms. The fraction of sp³-hybridized carbons (Fsp3) is 0.462. The highest BCUT2D eigenvalue weighted by molar-refractivity contribution is 7.99. The quantitative estimate of drug-likeness (QED) is 0.313. The molecule has 0 bridgehead atoms. The Labute approximate surface area is 219 Å². The molecule has 0 atom stereocenters. The van der Waals surface area contributed by atoms with Crippen LogP contribution in [0.25, 0.3) is 0 Å². The maximum absolute atomic E-state index is 12.4. The lowest BCUT2D eigenvalue weighted by atomic mass is 9.87. The van der Waals surface area contributed by atoms with Crippen molar-refractivity contribution in [3.63, 3.8) is 0 Å². The predicted octanol–water partition coefficient (Wildman–Crippen LogP) is 5.87. The van der Waals surface area contributed by atoms with Gasteiger partial charge in [-0.1, -0.05) is 50.6 Å². The third kappa shape index (κ3) is 9.33. The van der Waals surface area contributed by atoms with Gasteiger partial charge in [0.25, 0.3) is 5.91 Å². The van der Waals surface area contributed by atoms with Gasteiger partial charge in [0.2, 0.25) is 0 Å². The van der Waals surface area contributed by atoms with Crippen LogP contribution in [0.4, 0.5) is 13.2 Å². The van der Waals surface area contributed by atoms with E-state index >= 15 is 0 Å². The summed E-state index contributed by atoms with van der Waals surface area (Å²) in [5.41, 5.74) is 4.86. The Morgan fingerprint density at radius 1 is 1.06 bits per heavy atom. The van der Waals surface area contributed by atoms with Crippen molar-refractivity contribution in [1.29, 1.82) is 0 Å². The van der Waals surface area contributed by atoms with Crippen LogP contribution in [-0.2, 0) is 23.1 Å². The van der Waals surface area contributed by atoms with Crippen LogP contribution in [0.3, 0.4) is 0 Å². The summed E-state index contributed by atoms with van der Waals surface area (Å²) in [6.45, 7) is 9.23. The van der Waals surface area contributed by atoms with Crippen LogP contribution in [0.1, 0.15) is 54.2 Å². The molecular weight excluding hydrogens is 513 g/mol. The average molecular weight is 545 g/mol. The minimum Gasteiger partial charge on any atom is -0.475 e. The predicted molar refractivity (Wildman–Crippen MR) is 138 cm³/mol. The van der Waals surface area contributed by atoms with Crippen LogP contribution >= 0.6 is 23.4 Å². The first-order chi connectivity index (χ1) is 16.8. The van der Waals surface area contributed by atoms with Crippen molar-refractivity contribution in [2.45, 2.75) is 56.5 Å². The summed E-state index contributed by atoms with van der Waals surface area (Å²) in [7, 11) is 0. The number of carbonyl (C=O) groups excluding carboxylic acids is 1. The van der Waals surface area contributed by atoms with Crippen LogP contribution in [0, 0.1) is 0 Å². The van der Waals surface area contributed by atoms with Crippen LogP contribution in [-0.4, -0.2) is 48.5 Å². The summed E-state index contributed by atoms with van der Waals surface area (Å²) < 4.78 is 31.7. The molecule has 1 heterocycles. The SMILES string of the molecule is CC(C)(C)c1ccc(C(=O)NCCCSc2c(Cl)ccc3c2CCNCC3)cc1.O=C(O)C(F)(F)F. The number of benzene rings is 2. The van der Waals surface area contributed by atoms with Gasteiger partial charge in [-0.25, -0.2) is 4.79 Å². The van der Waals surface area contributed by atoms with Gasteiger partial charge in [0.05, 0.1) is 5.02 Å². The van der Waals surface area contributed by atoms with Crippen molar-refractivity contribution in [3.8, 4) is 0 Å². The van der Waals surface area contributed by atoms with Crippen LogP contribution < -0.4 is 10.6 Å². The third-order valence-electron chi connectivity index (χ3n) is 5.54. The summed E-state index contributed by atoms with van der Waals surface area (Å²) >= 11 is 8.30.